The highest BCUT2D eigenvalue weighted by Gasteiger charge is 2.26. The van der Waals surface area contributed by atoms with Gasteiger partial charge in [-0.3, -0.25) is 15.0 Å². The Balaban J connectivity index is 1.33. The van der Waals surface area contributed by atoms with Gasteiger partial charge in [-0.15, -0.1) is 11.3 Å². The smallest absolute Gasteiger partial charge is 0.326 e. The lowest BCUT2D eigenvalue weighted by atomic mass is 10.2. The van der Waals surface area contributed by atoms with Crippen LogP contribution in [0.4, 0.5) is 10.6 Å². The lowest BCUT2D eigenvalue weighted by Gasteiger charge is -2.34. The molecule has 3 N–H and O–H groups in total. The van der Waals surface area contributed by atoms with Crippen LogP contribution in [0.25, 0.3) is 23.0 Å². The Morgan fingerprint density at radius 1 is 1.20 bits per heavy atom. The van der Waals surface area contributed by atoms with E-state index in [4.69, 9.17) is 9.72 Å². The maximum absolute atomic E-state index is 12.0. The summed E-state index contributed by atoms with van der Waals surface area (Å²) in [5.74, 6) is 0.400. The Bertz CT molecular complexity index is 1330. The summed E-state index contributed by atoms with van der Waals surface area (Å²) in [5.41, 5.74) is 3.35. The minimum atomic E-state index is -0.530. The van der Waals surface area contributed by atoms with Crippen LogP contribution in [-0.2, 0) is 16.1 Å². The minimum Gasteiger partial charge on any atom is -0.373 e. The number of anilines is 1. The van der Waals surface area contributed by atoms with Crippen LogP contribution in [0.1, 0.15) is 37.1 Å². The SMILES string of the molecule is CC1CN(Cc2cc(-c3cc(NC4CC4)n4ncc(/C=C5\NC(=O)NC5=O)c4n3)cs2)CC(C)O1. The number of amides is 3. The quantitative estimate of drug-likeness (QED) is 0.358. The fraction of sp³-hybridized carbons (Fsp3) is 0.417. The molecule has 3 aliphatic rings. The first-order valence-electron chi connectivity index (χ1n) is 11.9. The van der Waals surface area contributed by atoms with Crippen LogP contribution >= 0.6 is 11.3 Å². The molecule has 0 aromatic carbocycles. The Morgan fingerprint density at radius 2 is 2.00 bits per heavy atom. The average molecular weight is 494 g/mol. The zero-order chi connectivity index (χ0) is 24.1. The van der Waals surface area contributed by atoms with Crippen LogP contribution in [0.3, 0.4) is 0 Å². The molecule has 182 valence electrons. The van der Waals surface area contributed by atoms with Crippen molar-refractivity contribution < 1.29 is 14.3 Å². The van der Waals surface area contributed by atoms with Crippen molar-refractivity contribution in [1.29, 1.82) is 0 Å². The third-order valence-electron chi connectivity index (χ3n) is 6.27. The number of nitrogens with one attached hydrogen (secondary N) is 3. The lowest BCUT2D eigenvalue weighted by Crippen LogP contribution is -2.44. The van der Waals surface area contributed by atoms with E-state index in [1.165, 1.54) is 4.88 Å². The van der Waals surface area contributed by atoms with Gasteiger partial charge < -0.3 is 15.4 Å². The molecule has 1 aliphatic carbocycles. The second-order valence-electron chi connectivity index (χ2n) is 9.50. The van der Waals surface area contributed by atoms with E-state index in [2.05, 4.69) is 51.2 Å². The van der Waals surface area contributed by atoms with Crippen LogP contribution in [0.2, 0.25) is 0 Å². The van der Waals surface area contributed by atoms with E-state index >= 15 is 0 Å². The van der Waals surface area contributed by atoms with Crippen LogP contribution in [-0.4, -0.2) is 62.8 Å². The number of aromatic nitrogens is 3. The molecule has 35 heavy (non-hydrogen) atoms. The molecule has 0 radical (unpaired) electrons. The fourth-order valence-corrected chi connectivity index (χ4v) is 5.56. The molecule has 10 nitrogen and oxygen atoms in total. The summed E-state index contributed by atoms with van der Waals surface area (Å²) in [6, 6.07) is 4.14. The van der Waals surface area contributed by atoms with Crippen LogP contribution in [0.15, 0.2) is 29.4 Å². The predicted molar refractivity (Wildman–Crippen MR) is 133 cm³/mol. The molecule has 3 aromatic rings. The maximum Gasteiger partial charge on any atom is 0.326 e. The van der Waals surface area contributed by atoms with Gasteiger partial charge in [-0.2, -0.15) is 9.61 Å². The topological polar surface area (TPSA) is 113 Å². The van der Waals surface area contributed by atoms with E-state index in [1.54, 1.807) is 28.1 Å². The summed E-state index contributed by atoms with van der Waals surface area (Å²) in [5, 5.41) is 14.9. The van der Waals surface area contributed by atoms with Crippen molar-refractivity contribution in [3.8, 4) is 11.3 Å². The normalized spacial score (nSPS) is 24.2. The molecule has 0 spiro atoms. The van der Waals surface area contributed by atoms with Gasteiger partial charge in [0, 0.05) is 53.1 Å². The number of fused-ring (bicyclic) bond motifs is 1. The Hall–Kier alpha value is -3.28. The van der Waals surface area contributed by atoms with Gasteiger partial charge in [0.15, 0.2) is 5.65 Å². The van der Waals surface area contributed by atoms with Crippen LogP contribution in [0.5, 0.6) is 0 Å². The van der Waals surface area contributed by atoms with Gasteiger partial charge in [0.1, 0.15) is 11.5 Å². The van der Waals surface area contributed by atoms with Crippen molar-refractivity contribution in [2.75, 3.05) is 18.4 Å². The Morgan fingerprint density at radius 3 is 2.71 bits per heavy atom. The molecule has 2 saturated heterocycles. The van der Waals surface area contributed by atoms with Crippen molar-refractivity contribution >= 4 is 40.8 Å². The second kappa shape index (κ2) is 8.74. The molecule has 0 bridgehead atoms. The van der Waals surface area contributed by atoms with Crippen LogP contribution < -0.4 is 16.0 Å². The van der Waals surface area contributed by atoms with Gasteiger partial charge in [0.25, 0.3) is 5.91 Å². The minimum absolute atomic E-state index is 0.181. The molecule has 2 aliphatic heterocycles. The van der Waals surface area contributed by atoms with Gasteiger partial charge in [0.05, 0.1) is 24.1 Å². The van der Waals surface area contributed by atoms with Gasteiger partial charge in [-0.1, -0.05) is 0 Å². The number of hydrogen-bond donors (Lipinski definition) is 3. The molecule has 6 rings (SSSR count). The molecule has 5 heterocycles. The van der Waals surface area contributed by atoms with Crippen molar-refractivity contribution in [3.63, 3.8) is 0 Å². The van der Waals surface area contributed by atoms with E-state index in [9.17, 15) is 9.59 Å². The van der Waals surface area contributed by atoms with Gasteiger partial charge in [-0.25, -0.2) is 9.78 Å². The summed E-state index contributed by atoms with van der Waals surface area (Å²) >= 11 is 1.73. The summed E-state index contributed by atoms with van der Waals surface area (Å²) < 4.78 is 7.62. The monoisotopic (exact) mass is 493 g/mol. The summed E-state index contributed by atoms with van der Waals surface area (Å²) in [4.78, 5) is 32.2. The number of morpholine rings is 1. The summed E-state index contributed by atoms with van der Waals surface area (Å²) in [7, 11) is 0. The summed E-state index contributed by atoms with van der Waals surface area (Å²) in [6.45, 7) is 6.98. The molecular weight excluding hydrogens is 466 g/mol. The number of ether oxygens (including phenoxy) is 1. The van der Waals surface area contributed by atoms with E-state index in [0.29, 0.717) is 17.3 Å². The van der Waals surface area contributed by atoms with Gasteiger partial charge >= 0.3 is 6.03 Å². The number of urea groups is 1. The molecule has 3 aromatic heterocycles. The third-order valence-corrected chi connectivity index (χ3v) is 7.19. The van der Waals surface area contributed by atoms with Crippen LogP contribution in [0, 0.1) is 0 Å². The number of imide groups is 1. The highest BCUT2D eigenvalue weighted by molar-refractivity contribution is 7.10. The molecule has 2 unspecified atom stereocenters. The van der Waals surface area contributed by atoms with Gasteiger partial charge in [-0.05, 0) is 38.8 Å². The molecule has 2 atom stereocenters. The summed E-state index contributed by atoms with van der Waals surface area (Å²) in [6.07, 6.45) is 6.00. The number of rotatable bonds is 6. The van der Waals surface area contributed by atoms with E-state index in [1.807, 2.05) is 6.07 Å². The first kappa shape index (κ1) is 22.2. The lowest BCUT2D eigenvalue weighted by molar-refractivity contribution is -0.115. The highest BCUT2D eigenvalue weighted by atomic mass is 32.1. The molecule has 3 amide bonds. The number of carbonyl (C=O) groups excluding carboxylic acids is 2. The number of carbonyl (C=O) groups is 2. The van der Waals surface area contributed by atoms with Gasteiger partial charge in [0.2, 0.25) is 0 Å². The van der Waals surface area contributed by atoms with Crippen molar-refractivity contribution in [3.05, 3.63) is 39.8 Å². The van der Waals surface area contributed by atoms with E-state index in [-0.39, 0.29) is 17.9 Å². The number of nitrogens with zero attached hydrogens (tertiary/aromatic N) is 4. The number of thiophene rings is 1. The van der Waals surface area contributed by atoms with E-state index in [0.717, 1.165) is 49.6 Å². The van der Waals surface area contributed by atoms with E-state index < -0.39 is 11.9 Å². The largest absolute Gasteiger partial charge is 0.373 e. The average Bonchev–Trinajstić information content (AvgIpc) is 3.18. The molecular formula is C24H27N7O3S. The zero-order valence-electron chi connectivity index (χ0n) is 19.6. The van der Waals surface area contributed by atoms with Crippen molar-refractivity contribution in [2.24, 2.45) is 0 Å². The first-order chi connectivity index (χ1) is 16.9. The Labute approximate surface area is 206 Å². The standard InChI is InChI=1S/C24H27N7O3S/c1-13-9-30(10-14(2)34-13)11-18-5-16(12-35-18)19-7-21(26-17-3-4-17)31-22(27-19)15(8-25-31)6-20-23(32)29-24(33)28-20/h5-8,12-14,17,26H,3-4,9-11H2,1-2H3,(H2,28,29,32,33)/b20-6-. The van der Waals surface area contributed by atoms with Crippen molar-refractivity contribution in [1.82, 2.24) is 30.1 Å². The first-order valence-corrected chi connectivity index (χ1v) is 12.7. The molecule has 11 heteroatoms. The Kier molecular flexibility index (Phi) is 5.54. The van der Waals surface area contributed by atoms with Crippen molar-refractivity contribution in [2.45, 2.75) is 51.5 Å². The third kappa shape index (κ3) is 4.66. The maximum atomic E-state index is 12.0. The fourth-order valence-electron chi connectivity index (χ4n) is 4.64. The molecule has 3 fully saturated rings. The number of hydrogen-bond acceptors (Lipinski definition) is 8. The molecule has 1 saturated carbocycles. The second-order valence-corrected chi connectivity index (χ2v) is 10.5. The predicted octanol–water partition coefficient (Wildman–Crippen LogP) is 2.82. The zero-order valence-corrected chi connectivity index (χ0v) is 20.4. The highest BCUT2D eigenvalue weighted by Crippen LogP contribution is 2.31.